The number of amides is 3. The Morgan fingerprint density at radius 1 is 1.21 bits per heavy atom. The lowest BCUT2D eigenvalue weighted by molar-refractivity contribution is 0.0383. The third-order valence-electron chi connectivity index (χ3n) is 5.12. The largest absolute Gasteiger partial charge is 0.497 e. The standard InChI is InChI=1S/C22H31N5O5S/c1-30-12-11-27(22(29)24-17-3-5-18(31-2)6-4-17)15-20-25-19(16-33-20)21(28)23-7-8-26-9-13-32-14-10-26/h3-6,16H,7-15H2,1-2H3,(H,23,28)(H,24,29). The van der Waals surface area contributed by atoms with Gasteiger partial charge in [-0.15, -0.1) is 11.3 Å². The number of carbonyl (C=O) groups excluding carboxylic acids is 2. The van der Waals surface area contributed by atoms with E-state index < -0.39 is 0 Å². The molecule has 1 saturated heterocycles. The maximum Gasteiger partial charge on any atom is 0.322 e. The summed E-state index contributed by atoms with van der Waals surface area (Å²) >= 11 is 1.35. The predicted octanol–water partition coefficient (Wildman–Crippen LogP) is 1.89. The maximum atomic E-state index is 12.8. The molecule has 0 aliphatic carbocycles. The number of methoxy groups -OCH3 is 2. The third kappa shape index (κ3) is 7.97. The minimum atomic E-state index is -0.274. The number of hydrogen-bond donors (Lipinski definition) is 2. The van der Waals surface area contributed by atoms with Crippen LogP contribution in [0.1, 0.15) is 15.5 Å². The normalized spacial score (nSPS) is 14.0. The highest BCUT2D eigenvalue weighted by atomic mass is 32.1. The summed E-state index contributed by atoms with van der Waals surface area (Å²) in [5.74, 6) is 0.500. The van der Waals surface area contributed by atoms with E-state index in [1.807, 2.05) is 0 Å². The molecule has 1 aliphatic rings. The summed E-state index contributed by atoms with van der Waals surface area (Å²) in [6, 6.07) is 6.82. The average molecular weight is 478 g/mol. The zero-order chi connectivity index (χ0) is 23.5. The number of ether oxygens (including phenoxy) is 3. The number of hydrogen-bond acceptors (Lipinski definition) is 8. The molecule has 1 aliphatic heterocycles. The highest BCUT2D eigenvalue weighted by Crippen LogP contribution is 2.17. The highest BCUT2D eigenvalue weighted by molar-refractivity contribution is 7.09. The second-order valence-corrected chi connectivity index (χ2v) is 8.35. The van der Waals surface area contributed by atoms with Crippen molar-refractivity contribution in [2.45, 2.75) is 6.54 Å². The third-order valence-corrected chi connectivity index (χ3v) is 5.96. The summed E-state index contributed by atoms with van der Waals surface area (Å²) in [6.07, 6.45) is 0. The summed E-state index contributed by atoms with van der Waals surface area (Å²) in [5.41, 5.74) is 1.02. The van der Waals surface area contributed by atoms with E-state index in [9.17, 15) is 9.59 Å². The number of nitrogens with zero attached hydrogens (tertiary/aromatic N) is 3. The fraction of sp³-hybridized carbons (Fsp3) is 0.500. The van der Waals surface area contributed by atoms with Crippen LogP contribution in [0.5, 0.6) is 5.75 Å². The Morgan fingerprint density at radius 3 is 2.67 bits per heavy atom. The number of carbonyl (C=O) groups is 2. The molecule has 0 spiro atoms. The number of thiazole rings is 1. The van der Waals surface area contributed by atoms with Gasteiger partial charge in [-0.25, -0.2) is 9.78 Å². The first-order chi connectivity index (χ1) is 16.1. The number of anilines is 1. The molecule has 10 nitrogen and oxygen atoms in total. The molecule has 3 rings (SSSR count). The van der Waals surface area contributed by atoms with Gasteiger partial charge in [-0.1, -0.05) is 0 Å². The van der Waals surface area contributed by atoms with Crippen LogP contribution < -0.4 is 15.4 Å². The highest BCUT2D eigenvalue weighted by Gasteiger charge is 2.18. The van der Waals surface area contributed by atoms with Gasteiger partial charge in [0.1, 0.15) is 16.5 Å². The first-order valence-corrected chi connectivity index (χ1v) is 11.7. The van der Waals surface area contributed by atoms with Crippen molar-refractivity contribution in [3.05, 3.63) is 40.3 Å². The van der Waals surface area contributed by atoms with Crippen molar-refractivity contribution in [2.24, 2.45) is 0 Å². The predicted molar refractivity (Wildman–Crippen MR) is 126 cm³/mol. The van der Waals surface area contributed by atoms with Crippen LogP contribution in [0.2, 0.25) is 0 Å². The average Bonchev–Trinajstić information content (AvgIpc) is 3.31. The van der Waals surface area contributed by atoms with Crippen molar-refractivity contribution >= 4 is 29.0 Å². The Labute approximate surface area is 197 Å². The van der Waals surface area contributed by atoms with Gasteiger partial charge >= 0.3 is 6.03 Å². The zero-order valence-electron chi connectivity index (χ0n) is 19.0. The molecule has 3 amide bonds. The van der Waals surface area contributed by atoms with Crippen LogP contribution in [0, 0.1) is 0 Å². The van der Waals surface area contributed by atoms with E-state index in [-0.39, 0.29) is 18.5 Å². The van der Waals surface area contributed by atoms with Gasteiger partial charge in [0.25, 0.3) is 5.91 Å². The lowest BCUT2D eigenvalue weighted by atomic mass is 10.3. The second-order valence-electron chi connectivity index (χ2n) is 7.41. The number of urea groups is 1. The Hall–Kier alpha value is -2.73. The first-order valence-electron chi connectivity index (χ1n) is 10.8. The molecule has 0 saturated carbocycles. The molecule has 1 fully saturated rings. The van der Waals surface area contributed by atoms with Gasteiger partial charge in [0.15, 0.2) is 0 Å². The van der Waals surface area contributed by atoms with Gasteiger partial charge in [0.2, 0.25) is 0 Å². The Balaban J connectivity index is 1.52. The first kappa shape index (κ1) is 24.9. The Morgan fingerprint density at radius 2 is 1.97 bits per heavy atom. The SMILES string of the molecule is COCCN(Cc1nc(C(=O)NCCN2CCOCC2)cs1)C(=O)Nc1ccc(OC)cc1. The summed E-state index contributed by atoms with van der Waals surface area (Å²) in [7, 11) is 3.18. The van der Waals surface area contributed by atoms with Crippen LogP contribution in [0.3, 0.4) is 0 Å². The molecule has 2 aromatic rings. The van der Waals surface area contributed by atoms with Gasteiger partial charge in [-0.2, -0.15) is 0 Å². The summed E-state index contributed by atoms with van der Waals surface area (Å²) in [6.45, 7) is 5.61. The monoisotopic (exact) mass is 477 g/mol. The molecule has 0 bridgehead atoms. The van der Waals surface area contributed by atoms with E-state index in [0.29, 0.717) is 41.8 Å². The Kier molecular flexibility index (Phi) is 9.88. The summed E-state index contributed by atoms with van der Waals surface area (Å²) in [4.78, 5) is 33.6. The fourth-order valence-corrected chi connectivity index (χ4v) is 4.01. The minimum Gasteiger partial charge on any atom is -0.497 e. The van der Waals surface area contributed by atoms with Gasteiger partial charge in [-0.3, -0.25) is 9.69 Å². The van der Waals surface area contributed by atoms with E-state index in [1.54, 1.807) is 48.8 Å². The molecule has 2 N–H and O–H groups in total. The molecule has 180 valence electrons. The smallest absolute Gasteiger partial charge is 0.322 e. The van der Waals surface area contributed by atoms with E-state index in [4.69, 9.17) is 14.2 Å². The topological polar surface area (TPSA) is 105 Å². The van der Waals surface area contributed by atoms with Crippen molar-refractivity contribution in [2.75, 3.05) is 72.1 Å². The number of benzene rings is 1. The molecule has 33 heavy (non-hydrogen) atoms. The quantitative estimate of drug-likeness (QED) is 0.509. The van der Waals surface area contributed by atoms with Crippen molar-refractivity contribution in [1.82, 2.24) is 20.1 Å². The van der Waals surface area contributed by atoms with Gasteiger partial charge in [0, 0.05) is 50.9 Å². The van der Waals surface area contributed by atoms with Crippen LogP contribution in [0.15, 0.2) is 29.6 Å². The number of morpholine rings is 1. The van der Waals surface area contributed by atoms with E-state index in [0.717, 1.165) is 32.8 Å². The molecule has 11 heteroatoms. The molecular formula is C22H31N5O5S. The summed E-state index contributed by atoms with van der Waals surface area (Å²) < 4.78 is 15.6. The number of aromatic nitrogens is 1. The minimum absolute atomic E-state index is 0.211. The van der Waals surface area contributed by atoms with E-state index >= 15 is 0 Å². The van der Waals surface area contributed by atoms with Crippen molar-refractivity contribution < 1.29 is 23.8 Å². The molecule has 0 atom stereocenters. The van der Waals surface area contributed by atoms with Crippen LogP contribution >= 0.6 is 11.3 Å². The maximum absolute atomic E-state index is 12.8. The second kappa shape index (κ2) is 13.1. The molecule has 1 aromatic heterocycles. The van der Waals surface area contributed by atoms with Crippen molar-refractivity contribution in [1.29, 1.82) is 0 Å². The van der Waals surface area contributed by atoms with Crippen LogP contribution in [0.25, 0.3) is 0 Å². The molecule has 0 radical (unpaired) electrons. The number of rotatable bonds is 11. The molecule has 0 unspecified atom stereocenters. The fourth-order valence-electron chi connectivity index (χ4n) is 3.22. The van der Waals surface area contributed by atoms with Gasteiger partial charge < -0.3 is 29.7 Å². The molecular weight excluding hydrogens is 446 g/mol. The van der Waals surface area contributed by atoms with Gasteiger partial charge in [0.05, 0.1) is 33.5 Å². The van der Waals surface area contributed by atoms with E-state index in [2.05, 4.69) is 20.5 Å². The lowest BCUT2D eigenvalue weighted by Crippen LogP contribution is -2.41. The van der Waals surface area contributed by atoms with Gasteiger partial charge in [-0.05, 0) is 24.3 Å². The van der Waals surface area contributed by atoms with Crippen molar-refractivity contribution in [3.63, 3.8) is 0 Å². The van der Waals surface area contributed by atoms with E-state index in [1.165, 1.54) is 11.3 Å². The summed E-state index contributed by atoms with van der Waals surface area (Å²) in [5, 5.41) is 8.18. The van der Waals surface area contributed by atoms with Crippen LogP contribution in [0.4, 0.5) is 10.5 Å². The van der Waals surface area contributed by atoms with Crippen LogP contribution in [-0.2, 0) is 16.0 Å². The zero-order valence-corrected chi connectivity index (χ0v) is 19.9. The molecule has 1 aromatic carbocycles. The van der Waals surface area contributed by atoms with Crippen LogP contribution in [-0.4, -0.2) is 93.5 Å². The lowest BCUT2D eigenvalue weighted by Gasteiger charge is -2.26. The van der Waals surface area contributed by atoms with Crippen molar-refractivity contribution in [3.8, 4) is 5.75 Å². The number of nitrogens with one attached hydrogen (secondary N) is 2. The molecule has 2 heterocycles. The Bertz CT molecular complexity index is 886.